The molecule has 0 unspecified atom stereocenters. The number of rotatable bonds is 2. The van der Waals surface area contributed by atoms with Crippen molar-refractivity contribution in [3.63, 3.8) is 0 Å². The van der Waals surface area contributed by atoms with Gasteiger partial charge in [-0.05, 0) is 49.5 Å². The lowest BCUT2D eigenvalue weighted by atomic mass is 9.75. The van der Waals surface area contributed by atoms with E-state index in [9.17, 15) is 4.79 Å². The lowest BCUT2D eigenvalue weighted by Gasteiger charge is -2.51. The first-order valence-corrected chi connectivity index (χ1v) is 9.19. The molecule has 1 amide bonds. The number of ether oxygens (including phenoxy) is 2. The topological polar surface area (TPSA) is 42.0 Å². The van der Waals surface area contributed by atoms with E-state index in [-0.39, 0.29) is 0 Å². The van der Waals surface area contributed by atoms with Gasteiger partial charge in [0, 0.05) is 24.9 Å². The monoisotopic (exact) mass is 328 g/mol. The zero-order valence-electron chi connectivity index (χ0n) is 14.1. The number of nitrogens with zero attached hydrogens (tertiary/aromatic N) is 2. The Morgan fingerprint density at radius 3 is 2.75 bits per heavy atom. The third-order valence-electron chi connectivity index (χ3n) is 6.44. The molecule has 0 radical (unpaired) electrons. The molecular formula is C19H24N2O3. The summed E-state index contributed by atoms with van der Waals surface area (Å²) in [6, 6.07) is 7.18. The van der Waals surface area contributed by atoms with Crippen LogP contribution < -0.4 is 9.47 Å². The van der Waals surface area contributed by atoms with Crippen LogP contribution in [0.15, 0.2) is 18.2 Å². The van der Waals surface area contributed by atoms with Crippen LogP contribution in [0, 0.1) is 5.92 Å². The molecule has 5 heterocycles. The summed E-state index contributed by atoms with van der Waals surface area (Å²) in [4.78, 5) is 17.4. The first-order chi connectivity index (χ1) is 11.8. The van der Waals surface area contributed by atoms with Crippen LogP contribution in [-0.2, 0) is 4.79 Å². The zero-order valence-corrected chi connectivity index (χ0v) is 14.1. The second kappa shape index (κ2) is 5.38. The summed E-state index contributed by atoms with van der Waals surface area (Å²) in [5, 5.41) is 0. The van der Waals surface area contributed by atoms with Gasteiger partial charge in [0.2, 0.25) is 12.7 Å². The molecule has 0 N–H and O–H groups in total. The minimum atomic E-state index is 0.307. The van der Waals surface area contributed by atoms with Gasteiger partial charge >= 0.3 is 0 Å². The Kier molecular flexibility index (Phi) is 3.27. The van der Waals surface area contributed by atoms with E-state index in [0.29, 0.717) is 43.0 Å². The average molecular weight is 328 g/mol. The fourth-order valence-corrected chi connectivity index (χ4v) is 5.34. The number of fused-ring (bicyclic) bond motifs is 3. The maximum Gasteiger partial charge on any atom is 0.231 e. The predicted octanol–water partition coefficient (Wildman–Crippen LogP) is 2.21. The maximum atomic E-state index is 12.6. The fourth-order valence-electron chi connectivity index (χ4n) is 5.34. The highest BCUT2D eigenvalue weighted by molar-refractivity contribution is 5.77. The summed E-state index contributed by atoms with van der Waals surface area (Å²) in [6.45, 7) is 5.49. The molecule has 5 nitrogen and oxygen atoms in total. The summed E-state index contributed by atoms with van der Waals surface area (Å²) in [5.74, 6) is 3.04. The molecule has 5 aliphatic rings. The van der Waals surface area contributed by atoms with Gasteiger partial charge in [0.1, 0.15) is 0 Å². The van der Waals surface area contributed by atoms with E-state index in [4.69, 9.17) is 9.47 Å². The van der Waals surface area contributed by atoms with Crippen LogP contribution >= 0.6 is 0 Å². The van der Waals surface area contributed by atoms with Gasteiger partial charge in [-0.25, -0.2) is 0 Å². The molecule has 6 rings (SSSR count). The molecule has 24 heavy (non-hydrogen) atoms. The molecule has 4 fully saturated rings. The number of carbonyl (C=O) groups is 1. The van der Waals surface area contributed by atoms with E-state index < -0.39 is 0 Å². The Morgan fingerprint density at radius 1 is 1.17 bits per heavy atom. The van der Waals surface area contributed by atoms with Gasteiger partial charge in [0.05, 0.1) is 6.04 Å². The first kappa shape index (κ1) is 14.6. The van der Waals surface area contributed by atoms with E-state index in [1.54, 1.807) is 0 Å². The van der Waals surface area contributed by atoms with Crippen LogP contribution in [0.1, 0.15) is 37.7 Å². The smallest absolute Gasteiger partial charge is 0.231 e. The number of amides is 1. The minimum absolute atomic E-state index is 0.307. The standard InChI is InChI=1S/C19H24N2O3/c1-2-17(22)21-10-14(13-3-4-15-16(9-13)24-11-23-15)19-18(21)12-5-7-20(19)8-6-12/h3-4,9,12,14,18-19H,2,5-8,10-11H2,1H3/t14-,18+,19+/m1/s1. The number of carbonyl (C=O) groups excluding carboxylic acids is 1. The average Bonchev–Trinajstić information content (AvgIpc) is 3.27. The highest BCUT2D eigenvalue weighted by Crippen LogP contribution is 2.48. The Bertz CT molecular complexity index is 669. The summed E-state index contributed by atoms with van der Waals surface area (Å²) in [7, 11) is 0. The third-order valence-corrected chi connectivity index (χ3v) is 6.44. The van der Waals surface area contributed by atoms with Crippen LogP contribution in [0.25, 0.3) is 0 Å². The van der Waals surface area contributed by atoms with Gasteiger partial charge in [-0.15, -0.1) is 0 Å². The van der Waals surface area contributed by atoms with Crippen LogP contribution in [0.5, 0.6) is 11.5 Å². The van der Waals surface area contributed by atoms with Crippen molar-refractivity contribution in [2.24, 2.45) is 5.92 Å². The van der Waals surface area contributed by atoms with E-state index in [2.05, 4.69) is 21.9 Å². The Morgan fingerprint density at radius 2 is 1.96 bits per heavy atom. The van der Waals surface area contributed by atoms with Crippen molar-refractivity contribution in [3.05, 3.63) is 23.8 Å². The first-order valence-electron chi connectivity index (χ1n) is 9.19. The van der Waals surface area contributed by atoms with Crippen LogP contribution in [-0.4, -0.2) is 54.2 Å². The van der Waals surface area contributed by atoms with Crippen molar-refractivity contribution in [3.8, 4) is 11.5 Å². The molecule has 3 atom stereocenters. The molecule has 2 bridgehead atoms. The molecule has 0 aliphatic carbocycles. The third kappa shape index (κ3) is 2.00. The van der Waals surface area contributed by atoms with Gasteiger partial charge < -0.3 is 14.4 Å². The maximum absolute atomic E-state index is 12.6. The van der Waals surface area contributed by atoms with Crippen molar-refractivity contribution >= 4 is 5.91 Å². The molecule has 128 valence electrons. The summed E-state index contributed by atoms with van der Waals surface area (Å²) in [6.07, 6.45) is 3.08. The van der Waals surface area contributed by atoms with Crippen molar-refractivity contribution in [1.82, 2.24) is 9.80 Å². The largest absolute Gasteiger partial charge is 0.454 e. The van der Waals surface area contributed by atoms with Gasteiger partial charge in [-0.3, -0.25) is 9.69 Å². The van der Waals surface area contributed by atoms with Gasteiger partial charge in [-0.2, -0.15) is 0 Å². The number of hydrogen-bond acceptors (Lipinski definition) is 4. The van der Waals surface area contributed by atoms with Crippen LogP contribution in [0.3, 0.4) is 0 Å². The number of likely N-dealkylation sites (tertiary alicyclic amines) is 1. The minimum Gasteiger partial charge on any atom is -0.454 e. The molecule has 0 aromatic heterocycles. The van der Waals surface area contributed by atoms with Crippen molar-refractivity contribution in [2.45, 2.75) is 44.2 Å². The summed E-state index contributed by atoms with van der Waals surface area (Å²) < 4.78 is 11.0. The van der Waals surface area contributed by atoms with Crippen molar-refractivity contribution in [2.75, 3.05) is 26.4 Å². The molecule has 0 saturated carbocycles. The highest BCUT2D eigenvalue weighted by Gasteiger charge is 2.54. The zero-order chi connectivity index (χ0) is 16.3. The lowest BCUT2D eigenvalue weighted by Crippen LogP contribution is -2.60. The number of hydrogen-bond donors (Lipinski definition) is 0. The molecule has 1 aromatic carbocycles. The second-order valence-corrected chi connectivity index (χ2v) is 7.47. The molecule has 1 aromatic rings. The van der Waals surface area contributed by atoms with E-state index in [1.165, 1.54) is 31.5 Å². The molecule has 4 saturated heterocycles. The normalized spacial score (nSPS) is 36.0. The van der Waals surface area contributed by atoms with Crippen molar-refractivity contribution < 1.29 is 14.3 Å². The summed E-state index contributed by atoms with van der Waals surface area (Å²) in [5.41, 5.74) is 1.29. The Labute approximate surface area is 142 Å². The van der Waals surface area contributed by atoms with E-state index >= 15 is 0 Å². The van der Waals surface area contributed by atoms with Gasteiger partial charge in [0.25, 0.3) is 0 Å². The van der Waals surface area contributed by atoms with E-state index in [0.717, 1.165) is 18.0 Å². The van der Waals surface area contributed by atoms with E-state index in [1.807, 2.05) is 13.0 Å². The molecular weight excluding hydrogens is 304 g/mol. The fraction of sp³-hybridized carbons (Fsp3) is 0.632. The Hall–Kier alpha value is -1.75. The van der Waals surface area contributed by atoms with Gasteiger partial charge in [-0.1, -0.05) is 13.0 Å². The van der Waals surface area contributed by atoms with Crippen molar-refractivity contribution in [1.29, 1.82) is 0 Å². The quantitative estimate of drug-likeness (QED) is 0.835. The summed E-state index contributed by atoms with van der Waals surface area (Å²) >= 11 is 0. The number of piperidine rings is 3. The Balaban J connectivity index is 1.52. The van der Waals surface area contributed by atoms with Gasteiger partial charge in [0.15, 0.2) is 11.5 Å². The predicted molar refractivity (Wildman–Crippen MR) is 89.2 cm³/mol. The molecule has 5 aliphatic heterocycles. The number of benzene rings is 1. The molecule has 0 spiro atoms. The second-order valence-electron chi connectivity index (χ2n) is 7.47. The van der Waals surface area contributed by atoms with Crippen LogP contribution in [0.4, 0.5) is 0 Å². The highest BCUT2D eigenvalue weighted by atomic mass is 16.7. The van der Waals surface area contributed by atoms with Crippen LogP contribution in [0.2, 0.25) is 0 Å². The molecule has 5 heteroatoms. The lowest BCUT2D eigenvalue weighted by molar-refractivity contribution is -0.135. The SMILES string of the molecule is CCC(=O)N1C[C@H](c2ccc3c(c2)OCO3)[C@H]2[C@@H]1C1CCN2CC1.